The molecule has 5 atom stereocenters. The summed E-state index contributed by atoms with van der Waals surface area (Å²) in [7, 11) is 0. The molecular formula is C13H26O4. The van der Waals surface area contributed by atoms with Gasteiger partial charge in [-0.25, -0.2) is 0 Å². The molecule has 3 N–H and O–H groups in total. The monoisotopic (exact) mass is 246 g/mol. The van der Waals surface area contributed by atoms with E-state index in [1.807, 2.05) is 0 Å². The highest BCUT2D eigenvalue weighted by Gasteiger charge is 2.40. The van der Waals surface area contributed by atoms with Gasteiger partial charge in [-0.2, -0.15) is 0 Å². The molecule has 0 aliphatic carbocycles. The molecule has 1 saturated heterocycles. The first-order chi connectivity index (χ1) is 8.11. The molecule has 1 fully saturated rings. The first kappa shape index (κ1) is 14.9. The van der Waals surface area contributed by atoms with Crippen LogP contribution in [-0.4, -0.2) is 46.3 Å². The summed E-state index contributed by atoms with van der Waals surface area (Å²) in [6.45, 7) is 4.35. The van der Waals surface area contributed by atoms with Crippen LogP contribution < -0.4 is 0 Å². The Morgan fingerprint density at radius 3 is 2.41 bits per heavy atom. The molecule has 4 heteroatoms. The lowest BCUT2D eigenvalue weighted by Crippen LogP contribution is -2.55. The fourth-order valence-electron chi connectivity index (χ4n) is 2.50. The van der Waals surface area contributed by atoms with Crippen LogP contribution in [0.1, 0.15) is 46.0 Å². The molecule has 1 heterocycles. The van der Waals surface area contributed by atoms with Gasteiger partial charge < -0.3 is 20.1 Å². The lowest BCUT2D eigenvalue weighted by molar-refractivity contribution is -0.201. The Morgan fingerprint density at radius 1 is 1.12 bits per heavy atom. The topological polar surface area (TPSA) is 69.9 Å². The van der Waals surface area contributed by atoms with Gasteiger partial charge in [0.25, 0.3) is 0 Å². The van der Waals surface area contributed by atoms with E-state index in [1.165, 1.54) is 12.8 Å². The number of aliphatic hydroxyl groups is 3. The van der Waals surface area contributed by atoms with Gasteiger partial charge in [-0.3, -0.25) is 0 Å². The van der Waals surface area contributed by atoms with Crippen molar-refractivity contribution < 1.29 is 20.1 Å². The van der Waals surface area contributed by atoms with E-state index < -0.39 is 18.3 Å². The van der Waals surface area contributed by atoms with Crippen molar-refractivity contribution in [1.29, 1.82) is 0 Å². The summed E-state index contributed by atoms with van der Waals surface area (Å²) in [4.78, 5) is 0. The van der Waals surface area contributed by atoms with Gasteiger partial charge in [0.1, 0.15) is 18.3 Å². The maximum atomic E-state index is 9.93. The van der Waals surface area contributed by atoms with E-state index in [2.05, 4.69) is 13.8 Å². The van der Waals surface area contributed by atoms with Crippen LogP contribution in [0.4, 0.5) is 0 Å². The third kappa shape index (κ3) is 3.91. The summed E-state index contributed by atoms with van der Waals surface area (Å²) in [6, 6.07) is 0. The summed E-state index contributed by atoms with van der Waals surface area (Å²) >= 11 is 0. The molecule has 0 aromatic rings. The predicted molar refractivity (Wildman–Crippen MR) is 65.7 cm³/mol. The van der Waals surface area contributed by atoms with Gasteiger partial charge in [0.15, 0.2) is 0 Å². The molecule has 0 amide bonds. The number of rotatable bonds is 6. The van der Waals surface area contributed by atoms with Crippen molar-refractivity contribution in [3.05, 3.63) is 0 Å². The zero-order chi connectivity index (χ0) is 12.8. The van der Waals surface area contributed by atoms with E-state index in [-0.39, 0.29) is 18.6 Å². The van der Waals surface area contributed by atoms with Crippen molar-refractivity contribution in [3.8, 4) is 0 Å². The fourth-order valence-corrected chi connectivity index (χ4v) is 2.50. The van der Waals surface area contributed by atoms with Crippen LogP contribution in [0, 0.1) is 5.92 Å². The molecule has 1 aliphatic rings. The third-order valence-corrected chi connectivity index (χ3v) is 3.71. The molecule has 0 saturated carbocycles. The largest absolute Gasteiger partial charge is 0.388 e. The number of hydrogen-bond donors (Lipinski definition) is 3. The van der Waals surface area contributed by atoms with E-state index in [4.69, 9.17) is 4.74 Å². The van der Waals surface area contributed by atoms with Crippen LogP contribution >= 0.6 is 0 Å². The number of ether oxygens (including phenoxy) is 1. The molecular weight excluding hydrogens is 220 g/mol. The highest BCUT2D eigenvalue weighted by Crippen LogP contribution is 2.27. The maximum absolute atomic E-state index is 9.93. The summed E-state index contributed by atoms with van der Waals surface area (Å²) in [5.41, 5.74) is 0. The van der Waals surface area contributed by atoms with Crippen molar-refractivity contribution in [3.63, 3.8) is 0 Å². The molecule has 17 heavy (non-hydrogen) atoms. The summed E-state index contributed by atoms with van der Waals surface area (Å²) in [6.07, 6.45) is 2.07. The average Bonchev–Trinajstić information content (AvgIpc) is 2.33. The molecule has 1 rings (SSSR count). The lowest BCUT2D eigenvalue weighted by atomic mass is 9.85. The van der Waals surface area contributed by atoms with Gasteiger partial charge in [0.2, 0.25) is 0 Å². The Hall–Kier alpha value is -0.160. The minimum Gasteiger partial charge on any atom is -0.388 e. The predicted octanol–water partition coefficient (Wildman–Crippen LogP) is 1.07. The van der Waals surface area contributed by atoms with Crippen molar-refractivity contribution in [1.82, 2.24) is 0 Å². The van der Waals surface area contributed by atoms with Gasteiger partial charge in [-0.05, 0) is 12.3 Å². The van der Waals surface area contributed by atoms with Crippen LogP contribution in [0.2, 0.25) is 0 Å². The zero-order valence-electron chi connectivity index (χ0n) is 10.9. The van der Waals surface area contributed by atoms with Gasteiger partial charge in [0, 0.05) is 0 Å². The van der Waals surface area contributed by atoms with Crippen LogP contribution in [0.3, 0.4) is 0 Å². The summed E-state index contributed by atoms with van der Waals surface area (Å²) in [5, 5.41) is 29.0. The second-order valence-electron chi connectivity index (χ2n) is 5.01. The number of aliphatic hydroxyl groups excluding tert-OH is 3. The van der Waals surface area contributed by atoms with Crippen LogP contribution in [0.25, 0.3) is 0 Å². The van der Waals surface area contributed by atoms with Crippen molar-refractivity contribution >= 4 is 0 Å². The van der Waals surface area contributed by atoms with E-state index in [1.54, 1.807) is 0 Å². The first-order valence-electron chi connectivity index (χ1n) is 6.77. The molecule has 4 nitrogen and oxygen atoms in total. The van der Waals surface area contributed by atoms with E-state index in [0.717, 1.165) is 19.3 Å². The molecule has 0 aromatic carbocycles. The zero-order valence-corrected chi connectivity index (χ0v) is 10.9. The van der Waals surface area contributed by atoms with E-state index in [9.17, 15) is 15.3 Å². The molecule has 1 unspecified atom stereocenters. The van der Waals surface area contributed by atoms with Gasteiger partial charge in [-0.1, -0.05) is 39.5 Å². The Balaban J connectivity index is 2.50. The smallest absolute Gasteiger partial charge is 0.111 e. The van der Waals surface area contributed by atoms with Crippen molar-refractivity contribution in [2.75, 3.05) is 6.61 Å². The minimum atomic E-state index is -1.08. The molecule has 0 spiro atoms. The number of hydrogen-bond acceptors (Lipinski definition) is 4. The second-order valence-corrected chi connectivity index (χ2v) is 5.01. The SMILES string of the molecule is CCCCCC(CC)[C@@H]1OC[C@@H](O)[C@H](O)[C@H]1O. The van der Waals surface area contributed by atoms with Crippen LogP contribution in [0.15, 0.2) is 0 Å². The number of unbranched alkanes of at least 4 members (excludes halogenated alkanes) is 2. The van der Waals surface area contributed by atoms with E-state index >= 15 is 0 Å². The van der Waals surface area contributed by atoms with Crippen molar-refractivity contribution in [2.24, 2.45) is 5.92 Å². The van der Waals surface area contributed by atoms with E-state index in [0.29, 0.717) is 0 Å². The first-order valence-corrected chi connectivity index (χ1v) is 6.77. The molecule has 0 radical (unpaired) electrons. The fraction of sp³-hybridized carbons (Fsp3) is 1.00. The van der Waals surface area contributed by atoms with Crippen molar-refractivity contribution in [2.45, 2.75) is 70.4 Å². The van der Waals surface area contributed by atoms with Gasteiger partial charge in [-0.15, -0.1) is 0 Å². The molecule has 1 aliphatic heterocycles. The molecule has 0 bridgehead atoms. The lowest BCUT2D eigenvalue weighted by Gasteiger charge is -2.39. The second kappa shape index (κ2) is 7.31. The maximum Gasteiger partial charge on any atom is 0.111 e. The Bertz CT molecular complexity index is 210. The third-order valence-electron chi connectivity index (χ3n) is 3.71. The highest BCUT2D eigenvalue weighted by atomic mass is 16.5. The van der Waals surface area contributed by atoms with Crippen LogP contribution in [-0.2, 0) is 4.74 Å². The minimum absolute atomic E-state index is 0.118. The molecule has 102 valence electrons. The highest BCUT2D eigenvalue weighted by molar-refractivity contribution is 4.89. The quantitative estimate of drug-likeness (QED) is 0.613. The standard InChI is InChI=1S/C13H26O4/c1-3-5-6-7-9(4-2)13-12(16)11(15)10(14)8-17-13/h9-16H,3-8H2,1-2H3/t9?,10-,11+,12-,13+/m1/s1. The molecule has 0 aromatic heterocycles. The summed E-state index contributed by atoms with van der Waals surface area (Å²) in [5.74, 6) is 0.263. The Kier molecular flexibility index (Phi) is 6.41. The average molecular weight is 246 g/mol. The normalized spacial score (nSPS) is 35.8. The summed E-state index contributed by atoms with van der Waals surface area (Å²) < 4.78 is 5.50. The Labute approximate surface area is 104 Å². The van der Waals surface area contributed by atoms with Crippen LogP contribution in [0.5, 0.6) is 0 Å². The van der Waals surface area contributed by atoms with Gasteiger partial charge in [0.05, 0.1) is 12.7 Å². The Morgan fingerprint density at radius 2 is 1.82 bits per heavy atom. The van der Waals surface area contributed by atoms with Gasteiger partial charge >= 0.3 is 0 Å².